The molecule has 0 aliphatic rings. The van der Waals surface area contributed by atoms with Gasteiger partial charge in [-0.2, -0.15) is 0 Å². The number of pyridine rings is 1. The summed E-state index contributed by atoms with van der Waals surface area (Å²) < 4.78 is 132. The van der Waals surface area contributed by atoms with Crippen molar-refractivity contribution in [3.8, 4) is 67.5 Å². The summed E-state index contributed by atoms with van der Waals surface area (Å²) in [5.41, 5.74) is 5.04. The molecular formula is C56H57N3O. The molecule has 302 valence electrons. The van der Waals surface area contributed by atoms with Crippen LogP contribution in [-0.4, -0.2) is 19.6 Å². The van der Waals surface area contributed by atoms with Crippen LogP contribution in [0.2, 0.25) is 0 Å². The van der Waals surface area contributed by atoms with E-state index in [1.807, 2.05) is 64.1 Å². The van der Waals surface area contributed by atoms with Crippen LogP contribution < -0.4 is 0 Å². The first-order chi connectivity index (χ1) is 34.5. The van der Waals surface area contributed by atoms with Crippen LogP contribution in [0.3, 0.4) is 0 Å². The number of nitrogens with zero attached hydrogens (tertiary/aromatic N) is 3. The highest BCUT2D eigenvalue weighted by Gasteiger charge is 2.24. The number of aromatic nitrogens is 3. The van der Waals surface area contributed by atoms with E-state index in [0.29, 0.717) is 61.1 Å². The minimum absolute atomic E-state index is 0.0299. The Morgan fingerprint density at radius 1 is 0.667 bits per heavy atom. The van der Waals surface area contributed by atoms with Crippen LogP contribution in [0.4, 0.5) is 0 Å². The molecule has 0 saturated carbocycles. The minimum atomic E-state index is -3.00. The van der Waals surface area contributed by atoms with Crippen LogP contribution >= 0.6 is 0 Å². The van der Waals surface area contributed by atoms with Gasteiger partial charge in [0.1, 0.15) is 11.6 Å². The largest absolute Gasteiger partial charge is 0.507 e. The van der Waals surface area contributed by atoms with E-state index < -0.39 is 90.0 Å². The maximum absolute atomic E-state index is 11.8. The van der Waals surface area contributed by atoms with Gasteiger partial charge in [0, 0.05) is 28.3 Å². The van der Waals surface area contributed by atoms with Gasteiger partial charge >= 0.3 is 0 Å². The van der Waals surface area contributed by atoms with Crippen LogP contribution in [0.5, 0.6) is 5.75 Å². The topological polar surface area (TPSA) is 50.9 Å². The van der Waals surface area contributed by atoms with E-state index in [4.69, 9.17) is 24.2 Å². The number of fused-ring (bicyclic) bond motifs is 1. The van der Waals surface area contributed by atoms with E-state index in [9.17, 15) is 6.48 Å². The normalized spacial score (nSPS) is 16.3. The van der Waals surface area contributed by atoms with Crippen molar-refractivity contribution in [2.45, 2.75) is 93.2 Å². The second kappa shape index (κ2) is 15.7. The molecule has 4 nitrogen and oxygen atoms in total. The van der Waals surface area contributed by atoms with E-state index in [1.165, 1.54) is 0 Å². The van der Waals surface area contributed by atoms with Gasteiger partial charge in [-0.3, -0.25) is 9.55 Å². The van der Waals surface area contributed by atoms with E-state index >= 15 is 0 Å². The second-order valence-corrected chi connectivity index (χ2v) is 16.9. The number of aryl methyl sites for hydroxylation is 3. The zero-order valence-corrected chi connectivity index (χ0v) is 35.4. The fourth-order valence-electron chi connectivity index (χ4n) is 7.54. The fraction of sp³-hybridized carbons (Fsp3) is 0.250. The van der Waals surface area contributed by atoms with E-state index in [0.717, 1.165) is 11.1 Å². The van der Waals surface area contributed by atoms with Crippen LogP contribution in [-0.2, 0) is 5.41 Å². The first-order valence-corrected chi connectivity index (χ1v) is 19.9. The summed E-state index contributed by atoms with van der Waals surface area (Å²) in [6.07, 6.45) is -0.626. The molecule has 0 radical (unpaired) electrons. The molecule has 1 N–H and O–H groups in total. The molecule has 60 heavy (non-hydrogen) atoms. The van der Waals surface area contributed by atoms with Gasteiger partial charge < -0.3 is 5.11 Å². The molecule has 8 aromatic rings. The average Bonchev–Trinajstić information content (AvgIpc) is 3.69. The third-order valence-electron chi connectivity index (χ3n) is 10.9. The summed E-state index contributed by atoms with van der Waals surface area (Å²) in [7, 11) is 0. The van der Waals surface area contributed by atoms with Gasteiger partial charge in [-0.25, -0.2) is 4.98 Å². The molecule has 0 spiro atoms. The lowest BCUT2D eigenvalue weighted by Gasteiger charge is -2.22. The first kappa shape index (κ1) is 26.1. The van der Waals surface area contributed by atoms with Gasteiger partial charge in [0.05, 0.1) is 37.6 Å². The number of imidazole rings is 1. The van der Waals surface area contributed by atoms with E-state index in [2.05, 4.69) is 4.98 Å². The number of rotatable bonds is 8. The first-order valence-electron chi connectivity index (χ1n) is 27.4. The van der Waals surface area contributed by atoms with Gasteiger partial charge in [-0.15, -0.1) is 0 Å². The van der Waals surface area contributed by atoms with Gasteiger partial charge in [0.25, 0.3) is 0 Å². The number of hydrogen-bond donors (Lipinski definition) is 1. The predicted molar refractivity (Wildman–Crippen MR) is 254 cm³/mol. The molecule has 2 heterocycles. The lowest BCUT2D eigenvalue weighted by Crippen LogP contribution is -2.11. The Morgan fingerprint density at radius 3 is 2.08 bits per heavy atom. The lowest BCUT2D eigenvalue weighted by molar-refractivity contribution is 0.472. The van der Waals surface area contributed by atoms with Crippen molar-refractivity contribution in [3.63, 3.8) is 0 Å². The Labute approximate surface area is 377 Å². The van der Waals surface area contributed by atoms with Crippen LogP contribution in [0, 0.1) is 27.6 Å². The highest BCUT2D eigenvalue weighted by molar-refractivity contribution is 5.97. The molecular weight excluding hydrogens is 731 g/mol. The van der Waals surface area contributed by atoms with Crippen LogP contribution in [0.15, 0.2) is 127 Å². The van der Waals surface area contributed by atoms with Crippen LogP contribution in [0.25, 0.3) is 72.7 Å². The molecule has 4 heteroatoms. The summed E-state index contributed by atoms with van der Waals surface area (Å²) in [5, 5.41) is 11.8. The quantitative estimate of drug-likeness (QED) is 0.166. The average molecular weight is 803 g/mol. The molecule has 8 rings (SSSR count). The van der Waals surface area contributed by atoms with Crippen molar-refractivity contribution in [1.82, 2.24) is 14.5 Å². The van der Waals surface area contributed by atoms with Gasteiger partial charge in [-0.1, -0.05) is 127 Å². The molecule has 6 aromatic carbocycles. The van der Waals surface area contributed by atoms with Crippen molar-refractivity contribution in [2.75, 3.05) is 0 Å². The Bertz CT molecular complexity index is 3580. The maximum Gasteiger partial charge on any atom is 0.149 e. The smallest absolute Gasteiger partial charge is 0.149 e. The van der Waals surface area contributed by atoms with Crippen molar-refractivity contribution in [1.29, 1.82) is 0 Å². The van der Waals surface area contributed by atoms with Crippen molar-refractivity contribution < 1.29 is 25.7 Å². The number of phenolic OH excluding ortho intramolecular Hbond substituents is 1. The standard InChI is InChI=1S/C56H57N3O/c1-33(2)42-26-43(34(3)4)28-44(27-42)40-19-20-51(37(7)25-40)59-52-14-12-13-48(53(52)58-55(59)49-24-36(6)23-38(8)54(49)60)45-29-46(31-47(30-45)56(9,10)11)50-32-41(21-22-57-50)39-17-15-35(5)16-18-39/h12-34,60H,1-11H3/i5D3,7D3,15D,16D,17D,18D,21D,22D,32D,33D,34D. The third-order valence-corrected chi connectivity index (χ3v) is 10.9. The maximum atomic E-state index is 11.8. The summed E-state index contributed by atoms with van der Waals surface area (Å²) in [4.78, 5) is 9.66. The molecule has 0 fully saturated rings. The van der Waals surface area contributed by atoms with Crippen LogP contribution in [0.1, 0.15) is 120 Å². The Hall–Kier alpha value is -6.26. The lowest BCUT2D eigenvalue weighted by atomic mass is 9.83. The van der Waals surface area contributed by atoms with Gasteiger partial charge in [-0.05, 0) is 154 Å². The monoisotopic (exact) mass is 803 g/mol. The SMILES string of the molecule is [2H]c1nc(-c2cc(-c3cccc4c3nc(-c3cc(C)cc(C)c3O)n4-c3ccc(-c4cc(C([2H])(C)C)cc(C([2H])(C)C)c4)cc3C([2H])([2H])[2H])cc(C(C)(C)C)c2)c([2H])c(-c2c([2H])c([2H])c(C([2H])([2H])[2H])c([2H])c2[2H])c1[2H]. The third kappa shape index (κ3) is 7.79. The Kier molecular flexibility index (Phi) is 6.83. The van der Waals surface area contributed by atoms with E-state index in [1.54, 1.807) is 87.7 Å². The number of para-hydroxylation sites is 1. The molecule has 2 aromatic heterocycles. The van der Waals surface area contributed by atoms with Gasteiger partial charge in [0.15, 0.2) is 0 Å². The van der Waals surface area contributed by atoms with Crippen molar-refractivity contribution in [2.24, 2.45) is 0 Å². The molecule has 0 unspecified atom stereocenters. The van der Waals surface area contributed by atoms with Crippen molar-refractivity contribution in [3.05, 3.63) is 166 Å². The highest BCUT2D eigenvalue weighted by Crippen LogP contribution is 2.42. The molecule has 0 amide bonds. The molecule has 0 atom stereocenters. The number of aromatic hydroxyl groups is 1. The Balaban J connectivity index is 1.43. The molecule has 0 aliphatic carbocycles. The van der Waals surface area contributed by atoms with E-state index in [-0.39, 0.29) is 28.5 Å². The number of phenols is 1. The Morgan fingerprint density at radius 2 is 1.40 bits per heavy atom. The summed E-state index contributed by atoms with van der Waals surface area (Å²) in [5.74, 6) is -1.88. The molecule has 0 bridgehead atoms. The van der Waals surface area contributed by atoms with Crippen molar-refractivity contribution >= 4 is 11.0 Å². The zero-order valence-electron chi connectivity index (χ0n) is 50.4. The summed E-state index contributed by atoms with van der Waals surface area (Å²) in [6.45, 7) is 10.9. The molecule has 0 aliphatic heterocycles. The number of hydrogen-bond acceptors (Lipinski definition) is 3. The summed E-state index contributed by atoms with van der Waals surface area (Å²) in [6, 6.07) is 20.7. The van der Waals surface area contributed by atoms with Gasteiger partial charge in [0.2, 0.25) is 0 Å². The predicted octanol–water partition coefficient (Wildman–Crippen LogP) is 15.2. The fourth-order valence-corrected chi connectivity index (χ4v) is 7.54. The summed E-state index contributed by atoms with van der Waals surface area (Å²) >= 11 is 0. The minimum Gasteiger partial charge on any atom is -0.507 e. The highest BCUT2D eigenvalue weighted by atomic mass is 16.3. The second-order valence-electron chi connectivity index (χ2n) is 16.9. The number of benzene rings is 6. The molecule has 0 saturated heterocycles. The zero-order chi connectivity index (χ0) is 55.6.